The van der Waals surface area contributed by atoms with Crippen molar-refractivity contribution in [2.75, 3.05) is 31.6 Å². The second-order valence-electron chi connectivity index (χ2n) is 4.27. The fourth-order valence-electron chi connectivity index (χ4n) is 2.14. The monoisotopic (exact) mass is 234 g/mol. The fraction of sp³-hybridized carbons (Fsp3) is 0.417. The first-order valence-electron chi connectivity index (χ1n) is 5.66. The van der Waals surface area contributed by atoms with E-state index in [-0.39, 0.29) is 12.2 Å². The number of ether oxygens (including phenoxy) is 2. The standard InChI is InChI=1S/C12H14N2O3/c1-14-4-5-16-10-3-2-8(6-9(10)14)11-7-13-12(15)17-11/h2-3,6,11H,4-5,7H2,1H3,(H,13,15). The summed E-state index contributed by atoms with van der Waals surface area (Å²) < 4.78 is 10.7. The third-order valence-corrected chi connectivity index (χ3v) is 3.13. The molecule has 90 valence electrons. The number of hydrogen-bond acceptors (Lipinski definition) is 4. The Labute approximate surface area is 99.3 Å². The zero-order valence-corrected chi connectivity index (χ0v) is 9.60. The van der Waals surface area contributed by atoms with Gasteiger partial charge in [0.25, 0.3) is 0 Å². The van der Waals surface area contributed by atoms with Crippen molar-refractivity contribution >= 4 is 11.8 Å². The molecule has 1 saturated heterocycles. The van der Waals surface area contributed by atoms with E-state index in [0.29, 0.717) is 13.2 Å². The van der Waals surface area contributed by atoms with Gasteiger partial charge in [-0.1, -0.05) is 6.07 Å². The molecule has 1 aromatic rings. The Morgan fingerprint density at radius 2 is 2.35 bits per heavy atom. The van der Waals surface area contributed by atoms with Crippen molar-refractivity contribution in [2.24, 2.45) is 0 Å². The van der Waals surface area contributed by atoms with Crippen LogP contribution in [0.2, 0.25) is 0 Å². The Morgan fingerprint density at radius 1 is 1.47 bits per heavy atom. The Morgan fingerprint density at radius 3 is 3.12 bits per heavy atom. The summed E-state index contributed by atoms with van der Waals surface area (Å²) >= 11 is 0. The van der Waals surface area contributed by atoms with E-state index in [2.05, 4.69) is 10.2 Å². The summed E-state index contributed by atoms with van der Waals surface area (Å²) in [6.45, 7) is 2.12. The number of carbonyl (C=O) groups is 1. The Kier molecular flexibility index (Phi) is 2.31. The maximum atomic E-state index is 11.0. The van der Waals surface area contributed by atoms with E-state index in [1.54, 1.807) is 0 Å². The van der Waals surface area contributed by atoms with Crippen LogP contribution in [0.1, 0.15) is 11.7 Å². The van der Waals surface area contributed by atoms with Crippen LogP contribution in [0.25, 0.3) is 0 Å². The minimum atomic E-state index is -0.350. The Balaban J connectivity index is 1.92. The maximum Gasteiger partial charge on any atom is 0.407 e. The molecule has 1 N–H and O–H groups in total. The van der Waals surface area contributed by atoms with Crippen LogP contribution >= 0.6 is 0 Å². The number of rotatable bonds is 1. The molecule has 1 unspecified atom stereocenters. The SMILES string of the molecule is CN1CCOc2ccc(C3CNC(=O)O3)cc21. The van der Waals surface area contributed by atoms with Gasteiger partial charge in [-0.05, 0) is 17.7 Å². The fourth-order valence-corrected chi connectivity index (χ4v) is 2.14. The third kappa shape index (κ3) is 1.77. The van der Waals surface area contributed by atoms with Gasteiger partial charge in [-0.2, -0.15) is 0 Å². The molecule has 1 fully saturated rings. The highest BCUT2D eigenvalue weighted by Crippen LogP contribution is 2.34. The Bertz CT molecular complexity index is 461. The van der Waals surface area contributed by atoms with Crippen LogP contribution in [0.4, 0.5) is 10.5 Å². The molecule has 0 aliphatic carbocycles. The van der Waals surface area contributed by atoms with E-state index in [1.165, 1.54) is 0 Å². The van der Waals surface area contributed by atoms with Crippen LogP contribution in [0, 0.1) is 0 Å². The van der Waals surface area contributed by atoms with Crippen molar-refractivity contribution in [3.8, 4) is 5.75 Å². The first kappa shape index (κ1) is 10.3. The van der Waals surface area contributed by atoms with Crippen LogP contribution in [0.3, 0.4) is 0 Å². The minimum absolute atomic E-state index is 0.192. The van der Waals surface area contributed by atoms with E-state index in [9.17, 15) is 4.79 Å². The number of carbonyl (C=O) groups excluding carboxylic acids is 1. The predicted octanol–water partition coefficient (Wildman–Crippen LogP) is 1.30. The normalized spacial score (nSPS) is 22.5. The highest BCUT2D eigenvalue weighted by molar-refractivity contribution is 5.70. The van der Waals surface area contributed by atoms with Gasteiger partial charge in [0.15, 0.2) is 0 Å². The van der Waals surface area contributed by atoms with Gasteiger partial charge in [0, 0.05) is 7.05 Å². The topological polar surface area (TPSA) is 50.8 Å². The van der Waals surface area contributed by atoms with Gasteiger partial charge in [0.1, 0.15) is 18.5 Å². The molecule has 1 aromatic carbocycles. The number of likely N-dealkylation sites (N-methyl/N-ethyl adjacent to an activating group) is 1. The minimum Gasteiger partial charge on any atom is -0.490 e. The molecule has 2 heterocycles. The molecule has 0 radical (unpaired) electrons. The number of alkyl carbamates (subject to hydrolysis) is 1. The average molecular weight is 234 g/mol. The molecule has 5 nitrogen and oxygen atoms in total. The van der Waals surface area contributed by atoms with Gasteiger partial charge in [-0.15, -0.1) is 0 Å². The molecule has 5 heteroatoms. The molecule has 17 heavy (non-hydrogen) atoms. The maximum absolute atomic E-state index is 11.0. The molecule has 0 saturated carbocycles. The van der Waals surface area contributed by atoms with Crippen molar-refractivity contribution in [2.45, 2.75) is 6.10 Å². The van der Waals surface area contributed by atoms with Crippen LogP contribution in [-0.4, -0.2) is 32.8 Å². The number of hydrogen-bond donors (Lipinski definition) is 1. The van der Waals surface area contributed by atoms with Gasteiger partial charge in [0.05, 0.1) is 18.8 Å². The quantitative estimate of drug-likeness (QED) is 0.795. The van der Waals surface area contributed by atoms with E-state index in [1.807, 2.05) is 25.2 Å². The lowest BCUT2D eigenvalue weighted by Crippen LogP contribution is -2.28. The van der Waals surface area contributed by atoms with Gasteiger partial charge in [0.2, 0.25) is 0 Å². The molecule has 2 aliphatic rings. The molecule has 1 amide bonds. The van der Waals surface area contributed by atoms with Gasteiger partial charge in [-0.3, -0.25) is 0 Å². The van der Waals surface area contributed by atoms with Crippen molar-refractivity contribution in [3.05, 3.63) is 23.8 Å². The molecular weight excluding hydrogens is 220 g/mol. The molecular formula is C12H14N2O3. The lowest BCUT2D eigenvalue weighted by atomic mass is 10.1. The van der Waals surface area contributed by atoms with Crippen LogP contribution in [-0.2, 0) is 4.74 Å². The van der Waals surface area contributed by atoms with Crippen LogP contribution < -0.4 is 15.0 Å². The van der Waals surface area contributed by atoms with Crippen molar-refractivity contribution < 1.29 is 14.3 Å². The van der Waals surface area contributed by atoms with Crippen molar-refractivity contribution in [1.82, 2.24) is 5.32 Å². The molecule has 0 spiro atoms. The Hall–Kier alpha value is -1.91. The van der Waals surface area contributed by atoms with Crippen LogP contribution in [0.15, 0.2) is 18.2 Å². The number of anilines is 1. The molecule has 2 aliphatic heterocycles. The summed E-state index contributed by atoms with van der Waals surface area (Å²) in [7, 11) is 2.03. The number of nitrogens with zero attached hydrogens (tertiary/aromatic N) is 1. The first-order chi connectivity index (χ1) is 8.24. The van der Waals surface area contributed by atoms with E-state index in [4.69, 9.17) is 9.47 Å². The highest BCUT2D eigenvalue weighted by atomic mass is 16.6. The average Bonchev–Trinajstić information content (AvgIpc) is 2.76. The summed E-state index contributed by atoms with van der Waals surface area (Å²) in [5.74, 6) is 0.889. The molecule has 0 aromatic heterocycles. The number of fused-ring (bicyclic) bond motifs is 1. The second kappa shape index (κ2) is 3.84. The van der Waals surface area contributed by atoms with Crippen molar-refractivity contribution in [3.63, 3.8) is 0 Å². The largest absolute Gasteiger partial charge is 0.490 e. The highest BCUT2D eigenvalue weighted by Gasteiger charge is 2.26. The van der Waals surface area contributed by atoms with E-state index in [0.717, 1.165) is 23.5 Å². The van der Waals surface area contributed by atoms with Gasteiger partial charge in [-0.25, -0.2) is 4.79 Å². The molecule has 0 bridgehead atoms. The lowest BCUT2D eigenvalue weighted by Gasteiger charge is -2.28. The van der Waals surface area contributed by atoms with Gasteiger partial charge >= 0.3 is 6.09 Å². The summed E-state index contributed by atoms with van der Waals surface area (Å²) in [4.78, 5) is 13.2. The van der Waals surface area contributed by atoms with Gasteiger partial charge < -0.3 is 19.7 Å². The summed E-state index contributed by atoms with van der Waals surface area (Å²) in [6.07, 6.45) is -0.541. The first-order valence-corrected chi connectivity index (χ1v) is 5.66. The molecule has 1 atom stereocenters. The predicted molar refractivity (Wildman–Crippen MR) is 62.4 cm³/mol. The third-order valence-electron chi connectivity index (χ3n) is 3.13. The van der Waals surface area contributed by atoms with Crippen LogP contribution in [0.5, 0.6) is 5.75 Å². The summed E-state index contributed by atoms with van der Waals surface area (Å²) in [6, 6.07) is 5.91. The number of amides is 1. The van der Waals surface area contributed by atoms with E-state index >= 15 is 0 Å². The zero-order valence-electron chi connectivity index (χ0n) is 9.60. The zero-order chi connectivity index (χ0) is 11.8. The second-order valence-corrected chi connectivity index (χ2v) is 4.27. The number of nitrogens with one attached hydrogen (secondary N) is 1. The van der Waals surface area contributed by atoms with Crippen molar-refractivity contribution in [1.29, 1.82) is 0 Å². The van der Waals surface area contributed by atoms with E-state index < -0.39 is 0 Å². The number of benzene rings is 1. The lowest BCUT2D eigenvalue weighted by molar-refractivity contribution is 0.141. The smallest absolute Gasteiger partial charge is 0.407 e. The summed E-state index contributed by atoms with van der Waals surface area (Å²) in [5.41, 5.74) is 2.05. The summed E-state index contributed by atoms with van der Waals surface area (Å²) in [5, 5.41) is 2.65. The molecule has 3 rings (SSSR count). The number of cyclic esters (lactones) is 1.